The van der Waals surface area contributed by atoms with E-state index in [2.05, 4.69) is 24.1 Å². The number of allylic oxidation sites excluding steroid dienone is 2. The number of ketones is 1. The number of benzene rings is 2. The van der Waals surface area contributed by atoms with Crippen molar-refractivity contribution >= 4 is 35.1 Å². The number of hydrogen-bond donors (Lipinski definition) is 1. The summed E-state index contributed by atoms with van der Waals surface area (Å²) in [5.41, 5.74) is 3.14. The first-order valence-electron chi connectivity index (χ1n) is 10.4. The molecule has 1 aromatic heterocycles. The van der Waals surface area contributed by atoms with Crippen molar-refractivity contribution in [2.45, 2.75) is 43.6 Å². The van der Waals surface area contributed by atoms with Gasteiger partial charge in [0.25, 0.3) is 0 Å². The number of thioether (sulfide) groups is 1. The Morgan fingerprint density at radius 2 is 2.03 bits per heavy atom. The van der Waals surface area contributed by atoms with Crippen LogP contribution in [-0.2, 0) is 10.5 Å². The minimum atomic E-state index is -0.436. The summed E-state index contributed by atoms with van der Waals surface area (Å²) in [5, 5.41) is 9.22. The zero-order chi connectivity index (χ0) is 22.5. The van der Waals surface area contributed by atoms with Crippen LogP contribution in [0.5, 0.6) is 0 Å². The van der Waals surface area contributed by atoms with Gasteiger partial charge in [0.15, 0.2) is 5.78 Å². The van der Waals surface area contributed by atoms with Crippen molar-refractivity contribution in [3.05, 3.63) is 81.8 Å². The fraction of sp³-hybridized carbons (Fsp3) is 0.292. The van der Waals surface area contributed by atoms with Crippen LogP contribution in [0.4, 0.5) is 10.3 Å². The number of rotatable bonds is 4. The summed E-state index contributed by atoms with van der Waals surface area (Å²) in [4.78, 5) is 17.9. The highest BCUT2D eigenvalue weighted by Crippen LogP contribution is 2.46. The number of aromatic nitrogens is 3. The Morgan fingerprint density at radius 1 is 1.22 bits per heavy atom. The van der Waals surface area contributed by atoms with Gasteiger partial charge in [0.1, 0.15) is 11.9 Å². The Labute approximate surface area is 195 Å². The quantitative estimate of drug-likeness (QED) is 0.474. The minimum Gasteiger partial charge on any atom is -0.328 e. The van der Waals surface area contributed by atoms with Gasteiger partial charge in [0.2, 0.25) is 11.1 Å². The van der Waals surface area contributed by atoms with E-state index in [9.17, 15) is 9.18 Å². The highest BCUT2D eigenvalue weighted by molar-refractivity contribution is 7.98. The molecule has 8 heteroatoms. The molecule has 1 atom stereocenters. The molecule has 5 nitrogen and oxygen atoms in total. The van der Waals surface area contributed by atoms with Gasteiger partial charge in [0.05, 0.1) is 0 Å². The molecular formula is C24H22ClFN4OS. The van der Waals surface area contributed by atoms with Gasteiger partial charge in [0, 0.05) is 34.0 Å². The molecule has 3 aromatic rings. The first kappa shape index (κ1) is 21.2. The lowest BCUT2D eigenvalue weighted by Gasteiger charge is -2.38. The Morgan fingerprint density at radius 3 is 2.81 bits per heavy atom. The first-order valence-corrected chi connectivity index (χ1v) is 11.8. The molecular weight excluding hydrogens is 447 g/mol. The lowest BCUT2D eigenvalue weighted by atomic mass is 9.73. The van der Waals surface area contributed by atoms with Crippen LogP contribution in [0.1, 0.15) is 43.9 Å². The molecule has 0 radical (unpaired) electrons. The minimum absolute atomic E-state index is 0.101. The normalized spacial score (nSPS) is 19.4. The zero-order valence-electron chi connectivity index (χ0n) is 17.7. The highest BCUT2D eigenvalue weighted by Gasteiger charge is 2.42. The molecule has 0 bridgehead atoms. The van der Waals surface area contributed by atoms with Gasteiger partial charge < -0.3 is 5.32 Å². The van der Waals surface area contributed by atoms with E-state index in [4.69, 9.17) is 16.7 Å². The molecule has 1 aliphatic carbocycles. The number of nitrogens with zero attached hydrogens (tertiary/aromatic N) is 3. The first-order chi connectivity index (χ1) is 15.3. The fourth-order valence-corrected chi connectivity index (χ4v) is 5.42. The molecule has 1 aliphatic heterocycles. The van der Waals surface area contributed by atoms with E-state index < -0.39 is 6.04 Å². The van der Waals surface area contributed by atoms with Crippen LogP contribution in [-0.4, -0.2) is 20.5 Å². The van der Waals surface area contributed by atoms with Crippen LogP contribution in [0.3, 0.4) is 0 Å². The third-order valence-electron chi connectivity index (χ3n) is 5.77. The summed E-state index contributed by atoms with van der Waals surface area (Å²) in [5.74, 6) is 0.959. The molecule has 2 aromatic carbocycles. The second-order valence-corrected chi connectivity index (χ2v) is 10.3. The second kappa shape index (κ2) is 8.05. The number of anilines is 1. The van der Waals surface area contributed by atoms with Crippen LogP contribution in [0.15, 0.2) is 65.0 Å². The number of Topliss-reactive ketones (excluding diaryl/α,β-unsaturated/α-hetero) is 1. The van der Waals surface area contributed by atoms with Crippen LogP contribution >= 0.6 is 23.4 Å². The Balaban J connectivity index is 1.54. The maximum absolute atomic E-state index is 13.5. The molecule has 0 spiro atoms. The molecule has 0 amide bonds. The maximum atomic E-state index is 13.5. The smallest absolute Gasteiger partial charge is 0.227 e. The van der Waals surface area contributed by atoms with E-state index in [1.807, 2.05) is 30.3 Å². The zero-order valence-corrected chi connectivity index (χ0v) is 19.3. The van der Waals surface area contributed by atoms with Gasteiger partial charge in [-0.15, -0.1) is 5.10 Å². The third-order valence-corrected chi connectivity index (χ3v) is 7.02. The molecule has 0 saturated carbocycles. The molecule has 32 heavy (non-hydrogen) atoms. The highest BCUT2D eigenvalue weighted by atomic mass is 35.5. The van der Waals surface area contributed by atoms with E-state index in [1.54, 1.807) is 10.7 Å². The van der Waals surface area contributed by atoms with Crippen LogP contribution < -0.4 is 5.32 Å². The van der Waals surface area contributed by atoms with Gasteiger partial charge in [-0.05, 0) is 35.6 Å². The summed E-state index contributed by atoms with van der Waals surface area (Å²) in [6.45, 7) is 4.20. The summed E-state index contributed by atoms with van der Waals surface area (Å²) in [6, 6.07) is 13.6. The number of carbonyl (C=O) groups is 1. The molecule has 5 rings (SSSR count). The third kappa shape index (κ3) is 3.95. The molecule has 0 unspecified atom stereocenters. The van der Waals surface area contributed by atoms with E-state index in [0.29, 0.717) is 33.9 Å². The van der Waals surface area contributed by atoms with E-state index in [0.717, 1.165) is 23.2 Å². The number of fused-ring (bicyclic) bond motifs is 1. The Bertz CT molecular complexity index is 1250. The summed E-state index contributed by atoms with van der Waals surface area (Å²) in [7, 11) is 0. The van der Waals surface area contributed by atoms with Crippen molar-refractivity contribution in [3.63, 3.8) is 0 Å². The molecule has 164 valence electrons. The van der Waals surface area contributed by atoms with Gasteiger partial charge in [-0.2, -0.15) is 4.98 Å². The van der Waals surface area contributed by atoms with E-state index >= 15 is 0 Å². The van der Waals surface area contributed by atoms with E-state index in [-0.39, 0.29) is 17.0 Å². The van der Waals surface area contributed by atoms with Gasteiger partial charge in [-0.1, -0.05) is 67.5 Å². The van der Waals surface area contributed by atoms with Crippen molar-refractivity contribution < 1.29 is 9.18 Å². The predicted octanol–water partition coefficient (Wildman–Crippen LogP) is 6.02. The molecule has 2 aliphatic rings. The number of halogens is 2. The average molecular weight is 469 g/mol. The summed E-state index contributed by atoms with van der Waals surface area (Å²) in [6.07, 6.45) is 1.22. The Hall–Kier alpha value is -2.64. The van der Waals surface area contributed by atoms with E-state index in [1.165, 1.54) is 23.9 Å². The average Bonchev–Trinajstić information content (AvgIpc) is 3.13. The van der Waals surface area contributed by atoms with Crippen LogP contribution in [0.2, 0.25) is 5.02 Å². The van der Waals surface area contributed by atoms with Gasteiger partial charge in [-0.25, -0.2) is 9.07 Å². The van der Waals surface area contributed by atoms with Crippen LogP contribution in [0, 0.1) is 11.2 Å². The lowest BCUT2D eigenvalue weighted by molar-refractivity contribution is -0.118. The summed E-state index contributed by atoms with van der Waals surface area (Å²) < 4.78 is 15.3. The number of hydrogen-bond acceptors (Lipinski definition) is 5. The molecule has 0 saturated heterocycles. The largest absolute Gasteiger partial charge is 0.328 e. The van der Waals surface area contributed by atoms with Crippen molar-refractivity contribution in [2.75, 3.05) is 5.32 Å². The lowest BCUT2D eigenvalue weighted by Crippen LogP contribution is -2.36. The number of carbonyl (C=O) groups excluding carboxylic acids is 1. The molecule has 1 N–H and O–H groups in total. The van der Waals surface area contributed by atoms with Crippen LogP contribution in [0.25, 0.3) is 0 Å². The standard InChI is InChI=1S/C24H22ClFN4OS/c1-24(2)11-18-20(19(31)12-24)21(16-8-3-4-9-17(16)25)30-22(27-18)28-23(29-30)32-13-14-6-5-7-15(26)10-14/h3-10,21H,11-13H2,1-2H3,(H,27,28,29)/t21-/m0/s1. The van der Waals surface area contributed by atoms with Gasteiger partial charge in [-0.3, -0.25) is 4.79 Å². The summed E-state index contributed by atoms with van der Waals surface area (Å²) >= 11 is 7.99. The molecule has 0 fully saturated rings. The molecule has 2 heterocycles. The van der Waals surface area contributed by atoms with Crippen molar-refractivity contribution in [1.82, 2.24) is 14.8 Å². The monoisotopic (exact) mass is 468 g/mol. The number of nitrogens with one attached hydrogen (secondary N) is 1. The predicted molar refractivity (Wildman–Crippen MR) is 124 cm³/mol. The van der Waals surface area contributed by atoms with Crippen molar-refractivity contribution in [1.29, 1.82) is 0 Å². The van der Waals surface area contributed by atoms with Crippen molar-refractivity contribution in [3.8, 4) is 0 Å². The van der Waals surface area contributed by atoms with Crippen molar-refractivity contribution in [2.24, 2.45) is 5.41 Å². The van der Waals surface area contributed by atoms with Gasteiger partial charge >= 0.3 is 0 Å². The Kier molecular flexibility index (Phi) is 5.34. The SMILES string of the molecule is CC1(C)CC(=O)C2=C(C1)Nc1nc(SCc3cccc(F)c3)nn1[C@H]2c1ccccc1Cl. The maximum Gasteiger partial charge on any atom is 0.227 e. The topological polar surface area (TPSA) is 59.8 Å². The fourth-order valence-electron chi connectivity index (χ4n) is 4.41. The second-order valence-electron chi connectivity index (χ2n) is 8.96.